The highest BCUT2D eigenvalue weighted by Crippen LogP contribution is 2.09. The molecule has 0 saturated carbocycles. The third-order valence-electron chi connectivity index (χ3n) is 3.18. The Morgan fingerprint density at radius 1 is 1.29 bits per heavy atom. The van der Waals surface area contributed by atoms with Crippen LogP contribution in [0.2, 0.25) is 0 Å². The summed E-state index contributed by atoms with van der Waals surface area (Å²) in [7, 11) is 0. The zero-order valence-corrected chi connectivity index (χ0v) is 9.81. The maximum absolute atomic E-state index is 3.81. The van der Waals surface area contributed by atoms with Crippen LogP contribution in [0.5, 0.6) is 0 Å². The summed E-state index contributed by atoms with van der Waals surface area (Å²) in [5, 5.41) is 7.27. The molecule has 1 rings (SSSR count). The van der Waals surface area contributed by atoms with E-state index in [4.69, 9.17) is 0 Å². The highest BCUT2D eigenvalue weighted by atomic mass is 15.0. The number of hydrogen-bond acceptors (Lipinski definition) is 2. The molecule has 2 N–H and O–H groups in total. The van der Waals surface area contributed by atoms with Crippen molar-refractivity contribution < 1.29 is 0 Å². The molecule has 0 bridgehead atoms. The van der Waals surface area contributed by atoms with E-state index >= 15 is 0 Å². The van der Waals surface area contributed by atoms with Crippen LogP contribution in [0.25, 0.3) is 0 Å². The van der Waals surface area contributed by atoms with Crippen molar-refractivity contribution in [2.45, 2.75) is 64.5 Å². The van der Waals surface area contributed by atoms with Crippen LogP contribution in [0.4, 0.5) is 0 Å². The van der Waals surface area contributed by atoms with Crippen molar-refractivity contribution >= 4 is 0 Å². The first-order valence-electron chi connectivity index (χ1n) is 6.33. The Bertz CT molecular complexity index is 128. The summed E-state index contributed by atoms with van der Waals surface area (Å²) < 4.78 is 0. The van der Waals surface area contributed by atoms with E-state index in [-0.39, 0.29) is 0 Å². The van der Waals surface area contributed by atoms with Gasteiger partial charge < -0.3 is 10.6 Å². The monoisotopic (exact) mass is 198 g/mol. The molecule has 14 heavy (non-hydrogen) atoms. The number of hydrogen-bond donors (Lipinski definition) is 2. The smallest absolute Gasteiger partial charge is 0.00822 e. The van der Waals surface area contributed by atoms with E-state index in [1.54, 1.807) is 0 Å². The van der Waals surface area contributed by atoms with Gasteiger partial charge in [-0.25, -0.2) is 0 Å². The first kappa shape index (κ1) is 12.0. The molecule has 1 heterocycles. The van der Waals surface area contributed by atoms with Crippen molar-refractivity contribution in [1.29, 1.82) is 0 Å². The average Bonchev–Trinajstić information content (AvgIpc) is 2.45. The SMILES string of the molecule is CCCC(CC)NC1CCCNCC1. The van der Waals surface area contributed by atoms with Crippen LogP contribution in [0.1, 0.15) is 52.4 Å². The molecule has 0 aromatic heterocycles. The molecule has 2 nitrogen and oxygen atoms in total. The predicted molar refractivity (Wildman–Crippen MR) is 62.6 cm³/mol. The minimum atomic E-state index is 0.753. The van der Waals surface area contributed by atoms with Gasteiger partial charge in [-0.3, -0.25) is 0 Å². The zero-order chi connectivity index (χ0) is 10.2. The molecule has 1 fully saturated rings. The second-order valence-corrected chi connectivity index (χ2v) is 4.44. The van der Waals surface area contributed by atoms with Crippen LogP contribution in [0.3, 0.4) is 0 Å². The van der Waals surface area contributed by atoms with E-state index in [0.717, 1.165) is 12.1 Å². The summed E-state index contributed by atoms with van der Waals surface area (Å²) in [5.41, 5.74) is 0. The zero-order valence-electron chi connectivity index (χ0n) is 9.81. The Morgan fingerprint density at radius 2 is 2.14 bits per heavy atom. The van der Waals surface area contributed by atoms with E-state index in [0.29, 0.717) is 0 Å². The average molecular weight is 198 g/mol. The van der Waals surface area contributed by atoms with Crippen molar-refractivity contribution in [1.82, 2.24) is 10.6 Å². The van der Waals surface area contributed by atoms with E-state index in [1.165, 1.54) is 51.6 Å². The highest BCUT2D eigenvalue weighted by Gasteiger charge is 2.14. The molecule has 0 radical (unpaired) electrons. The van der Waals surface area contributed by atoms with Crippen molar-refractivity contribution in [3.8, 4) is 0 Å². The van der Waals surface area contributed by atoms with Crippen molar-refractivity contribution in [3.05, 3.63) is 0 Å². The van der Waals surface area contributed by atoms with Crippen molar-refractivity contribution in [3.63, 3.8) is 0 Å². The van der Waals surface area contributed by atoms with E-state index < -0.39 is 0 Å². The second kappa shape index (κ2) is 7.24. The van der Waals surface area contributed by atoms with Gasteiger partial charge in [-0.2, -0.15) is 0 Å². The van der Waals surface area contributed by atoms with Crippen LogP contribution in [-0.2, 0) is 0 Å². The molecule has 1 saturated heterocycles. The maximum Gasteiger partial charge on any atom is 0.00822 e. The Hall–Kier alpha value is -0.0800. The summed E-state index contributed by atoms with van der Waals surface area (Å²) in [6, 6.07) is 1.52. The van der Waals surface area contributed by atoms with E-state index in [1.807, 2.05) is 0 Å². The summed E-state index contributed by atoms with van der Waals surface area (Å²) in [6.07, 6.45) is 7.91. The largest absolute Gasteiger partial charge is 0.317 e. The summed E-state index contributed by atoms with van der Waals surface area (Å²) in [6.45, 7) is 6.98. The van der Waals surface area contributed by atoms with Gasteiger partial charge in [0.15, 0.2) is 0 Å². The van der Waals surface area contributed by atoms with Gasteiger partial charge in [0.2, 0.25) is 0 Å². The Kier molecular flexibility index (Phi) is 6.20. The van der Waals surface area contributed by atoms with E-state index in [2.05, 4.69) is 24.5 Å². The molecule has 2 heteroatoms. The lowest BCUT2D eigenvalue weighted by molar-refractivity contribution is 0.373. The van der Waals surface area contributed by atoms with Gasteiger partial charge >= 0.3 is 0 Å². The lowest BCUT2D eigenvalue weighted by Crippen LogP contribution is -2.38. The molecule has 0 aromatic carbocycles. The van der Waals surface area contributed by atoms with Gasteiger partial charge in [0.1, 0.15) is 0 Å². The van der Waals surface area contributed by atoms with Crippen LogP contribution in [0, 0.1) is 0 Å². The molecule has 2 atom stereocenters. The standard InChI is InChI=1S/C12H26N2/c1-3-6-11(4-2)14-12-7-5-9-13-10-8-12/h11-14H,3-10H2,1-2H3. The third kappa shape index (κ3) is 4.43. The quantitative estimate of drug-likeness (QED) is 0.708. The first-order chi connectivity index (χ1) is 6.86. The fourth-order valence-corrected chi connectivity index (χ4v) is 2.27. The van der Waals surface area contributed by atoms with Crippen LogP contribution >= 0.6 is 0 Å². The van der Waals surface area contributed by atoms with Crippen LogP contribution in [0.15, 0.2) is 0 Å². The second-order valence-electron chi connectivity index (χ2n) is 4.44. The van der Waals surface area contributed by atoms with Crippen molar-refractivity contribution in [2.75, 3.05) is 13.1 Å². The van der Waals surface area contributed by atoms with Crippen LogP contribution in [-0.4, -0.2) is 25.2 Å². The van der Waals surface area contributed by atoms with Crippen molar-refractivity contribution in [2.24, 2.45) is 0 Å². The fourth-order valence-electron chi connectivity index (χ4n) is 2.27. The molecule has 0 spiro atoms. The van der Waals surface area contributed by atoms with Gasteiger partial charge in [-0.15, -0.1) is 0 Å². The van der Waals surface area contributed by atoms with Gasteiger partial charge in [-0.05, 0) is 45.2 Å². The lowest BCUT2D eigenvalue weighted by Gasteiger charge is -2.23. The summed E-state index contributed by atoms with van der Waals surface area (Å²) >= 11 is 0. The molecular weight excluding hydrogens is 172 g/mol. The number of rotatable bonds is 5. The Morgan fingerprint density at radius 3 is 2.86 bits per heavy atom. The molecule has 1 aliphatic heterocycles. The predicted octanol–water partition coefficient (Wildman–Crippen LogP) is 2.30. The molecule has 1 aliphatic rings. The lowest BCUT2D eigenvalue weighted by atomic mass is 10.0. The van der Waals surface area contributed by atoms with E-state index in [9.17, 15) is 0 Å². The summed E-state index contributed by atoms with van der Waals surface area (Å²) in [4.78, 5) is 0. The first-order valence-corrected chi connectivity index (χ1v) is 6.33. The fraction of sp³-hybridized carbons (Fsp3) is 1.00. The third-order valence-corrected chi connectivity index (χ3v) is 3.18. The molecule has 2 unspecified atom stereocenters. The summed E-state index contributed by atoms with van der Waals surface area (Å²) in [5.74, 6) is 0. The van der Waals surface area contributed by atoms with Gasteiger partial charge in [0.25, 0.3) is 0 Å². The number of nitrogens with one attached hydrogen (secondary N) is 2. The van der Waals surface area contributed by atoms with Gasteiger partial charge in [-0.1, -0.05) is 20.3 Å². The molecule has 84 valence electrons. The Balaban J connectivity index is 2.24. The topological polar surface area (TPSA) is 24.1 Å². The van der Waals surface area contributed by atoms with Gasteiger partial charge in [0, 0.05) is 12.1 Å². The maximum atomic E-state index is 3.81. The highest BCUT2D eigenvalue weighted by molar-refractivity contribution is 4.76. The Labute approximate surface area is 88.8 Å². The van der Waals surface area contributed by atoms with Gasteiger partial charge in [0.05, 0.1) is 0 Å². The van der Waals surface area contributed by atoms with Crippen LogP contribution < -0.4 is 10.6 Å². The minimum Gasteiger partial charge on any atom is -0.317 e. The molecular formula is C12H26N2. The molecule has 0 aliphatic carbocycles. The normalized spacial score (nSPS) is 25.7. The molecule has 0 amide bonds. The minimum absolute atomic E-state index is 0.753. The molecule has 0 aromatic rings.